The third-order valence-electron chi connectivity index (χ3n) is 9.00. The summed E-state index contributed by atoms with van der Waals surface area (Å²) in [5, 5.41) is 0.0767. The number of carbonyl (C=O) groups excluding carboxylic acids is 2. The quantitative estimate of drug-likeness (QED) is 0.153. The molecular formula is C31H52O6Si. The third kappa shape index (κ3) is 8.15. The van der Waals surface area contributed by atoms with E-state index in [-0.39, 0.29) is 52.9 Å². The monoisotopic (exact) mass is 548 g/mol. The van der Waals surface area contributed by atoms with Gasteiger partial charge in [0.25, 0.3) is 0 Å². The van der Waals surface area contributed by atoms with Gasteiger partial charge in [-0.3, -0.25) is 4.79 Å². The Kier molecular flexibility index (Phi) is 11.6. The minimum Gasteiger partial charge on any atom is -0.472 e. The van der Waals surface area contributed by atoms with E-state index < -0.39 is 8.32 Å². The molecule has 1 aliphatic heterocycles. The Balaban J connectivity index is 2.36. The van der Waals surface area contributed by atoms with Crippen molar-refractivity contribution in [1.82, 2.24) is 0 Å². The van der Waals surface area contributed by atoms with Gasteiger partial charge < -0.3 is 18.6 Å². The van der Waals surface area contributed by atoms with Gasteiger partial charge in [-0.2, -0.15) is 0 Å². The minimum atomic E-state index is -2.04. The number of esters is 1. The molecule has 7 heteroatoms. The van der Waals surface area contributed by atoms with Crippen LogP contribution in [0.2, 0.25) is 18.1 Å². The van der Waals surface area contributed by atoms with Gasteiger partial charge in [-0.25, -0.2) is 4.79 Å². The normalized spacial score (nSPS) is 27.2. The second-order valence-corrected chi connectivity index (χ2v) is 17.4. The van der Waals surface area contributed by atoms with E-state index in [1.54, 1.807) is 6.92 Å². The molecule has 216 valence electrons. The second kappa shape index (κ2) is 13.6. The summed E-state index contributed by atoms with van der Waals surface area (Å²) >= 11 is 0. The molecule has 1 fully saturated rings. The molecule has 6 nitrogen and oxygen atoms in total. The molecule has 0 spiro atoms. The summed E-state index contributed by atoms with van der Waals surface area (Å²) < 4.78 is 23.4. The first-order valence-electron chi connectivity index (χ1n) is 14.2. The van der Waals surface area contributed by atoms with Crippen LogP contribution in [0.5, 0.6) is 0 Å². The van der Waals surface area contributed by atoms with Gasteiger partial charge in [0.15, 0.2) is 14.6 Å². The molecule has 0 saturated heterocycles. The molecule has 6 atom stereocenters. The molecule has 2 rings (SSSR count). The van der Waals surface area contributed by atoms with Crippen LogP contribution in [-0.4, -0.2) is 46.2 Å². The van der Waals surface area contributed by atoms with E-state index in [1.165, 1.54) is 29.9 Å². The zero-order valence-electron chi connectivity index (χ0n) is 25.7. The SMILES string of the molecule is CCO[C@H]1C[C@@H]2C(=CO1)/C(=C(/C)CC[C@H](O[Si](C)(C)C(C)(C)C)[C@@H](C)/C=C/C(=O)OC)C[C@@H](C(C)=O)[C@H]2C. The maximum Gasteiger partial charge on any atom is 0.330 e. The van der Waals surface area contributed by atoms with Gasteiger partial charge >= 0.3 is 5.97 Å². The van der Waals surface area contributed by atoms with Crippen LogP contribution in [-0.2, 0) is 28.2 Å². The fraction of sp³-hybridized carbons (Fsp3) is 0.742. The number of allylic oxidation sites excluding steroid dienone is 3. The fourth-order valence-electron chi connectivity index (χ4n) is 5.37. The Bertz CT molecular complexity index is 925. The molecule has 1 heterocycles. The van der Waals surface area contributed by atoms with Crippen LogP contribution in [0.1, 0.15) is 81.1 Å². The van der Waals surface area contributed by atoms with Crippen LogP contribution < -0.4 is 0 Å². The zero-order chi connectivity index (χ0) is 28.8. The van der Waals surface area contributed by atoms with Crippen LogP contribution in [0.3, 0.4) is 0 Å². The van der Waals surface area contributed by atoms with E-state index in [0.29, 0.717) is 6.61 Å². The molecule has 38 heavy (non-hydrogen) atoms. The van der Waals surface area contributed by atoms with Crippen LogP contribution in [0, 0.1) is 23.7 Å². The van der Waals surface area contributed by atoms with E-state index >= 15 is 0 Å². The summed E-state index contributed by atoms with van der Waals surface area (Å²) in [5.74, 6) is 0.447. The topological polar surface area (TPSA) is 71.1 Å². The number of fused-ring (bicyclic) bond motifs is 1. The Morgan fingerprint density at radius 3 is 2.45 bits per heavy atom. The largest absolute Gasteiger partial charge is 0.472 e. The van der Waals surface area contributed by atoms with Gasteiger partial charge in [0.2, 0.25) is 0 Å². The number of ketones is 1. The predicted octanol–water partition coefficient (Wildman–Crippen LogP) is 7.37. The van der Waals surface area contributed by atoms with Gasteiger partial charge in [0.1, 0.15) is 5.78 Å². The standard InChI is InChI=1S/C31H52O6Si/c1-12-35-30-18-26-22(4)25(23(5)32)17-24(27(26)19-36-30)20(2)13-15-28(21(3)14-16-29(33)34-9)37-38(10,11)31(6,7)8/h14,16,19,21-22,25-26,28,30H,12-13,15,17-18H2,1-11H3/b16-14+,24-20-/t21-,22+,25+,26-,28-,30+/m0/s1. The molecule has 0 radical (unpaired) electrons. The highest BCUT2D eigenvalue weighted by Crippen LogP contribution is 2.48. The molecule has 0 unspecified atom stereocenters. The van der Waals surface area contributed by atoms with Crippen LogP contribution >= 0.6 is 0 Å². The van der Waals surface area contributed by atoms with Gasteiger partial charge in [0.05, 0.1) is 19.5 Å². The van der Waals surface area contributed by atoms with E-state index in [9.17, 15) is 9.59 Å². The third-order valence-corrected chi connectivity index (χ3v) is 13.5. The lowest BCUT2D eigenvalue weighted by Crippen LogP contribution is -2.45. The summed E-state index contributed by atoms with van der Waals surface area (Å²) in [5.41, 5.74) is 3.77. The van der Waals surface area contributed by atoms with Crippen LogP contribution in [0.25, 0.3) is 0 Å². The molecule has 0 amide bonds. The van der Waals surface area contributed by atoms with Crippen molar-refractivity contribution in [2.24, 2.45) is 23.7 Å². The summed E-state index contributed by atoms with van der Waals surface area (Å²) in [6.07, 6.45) is 8.21. The van der Waals surface area contributed by atoms with Gasteiger partial charge in [0, 0.05) is 25.0 Å². The van der Waals surface area contributed by atoms with Gasteiger partial charge in [-0.05, 0) is 87.1 Å². The lowest BCUT2D eigenvalue weighted by Gasteiger charge is -2.43. The van der Waals surface area contributed by atoms with Crippen molar-refractivity contribution in [2.75, 3.05) is 13.7 Å². The number of rotatable bonds is 11. The molecule has 1 saturated carbocycles. The van der Waals surface area contributed by atoms with E-state index in [1.807, 2.05) is 19.3 Å². The number of carbonyl (C=O) groups is 2. The number of hydrogen-bond donors (Lipinski definition) is 0. The van der Waals surface area contributed by atoms with Crippen molar-refractivity contribution in [3.05, 3.63) is 35.1 Å². The zero-order valence-corrected chi connectivity index (χ0v) is 26.7. The lowest BCUT2D eigenvalue weighted by molar-refractivity contribution is -0.134. The van der Waals surface area contributed by atoms with Crippen molar-refractivity contribution in [2.45, 2.75) is 112 Å². The number of Topliss-reactive ketones (excluding diaryl/α,β-unsaturated/α-hetero) is 1. The van der Waals surface area contributed by atoms with Crippen LogP contribution in [0.4, 0.5) is 0 Å². The molecule has 0 aromatic heterocycles. The van der Waals surface area contributed by atoms with Crippen molar-refractivity contribution < 1.29 is 28.2 Å². The number of hydrogen-bond acceptors (Lipinski definition) is 6. The maximum absolute atomic E-state index is 12.7. The van der Waals surface area contributed by atoms with E-state index in [4.69, 9.17) is 18.6 Å². The summed E-state index contributed by atoms with van der Waals surface area (Å²) in [7, 11) is -0.649. The molecule has 0 bridgehead atoms. The van der Waals surface area contributed by atoms with Gasteiger partial charge in [-0.15, -0.1) is 0 Å². The summed E-state index contributed by atoms with van der Waals surface area (Å²) in [4.78, 5) is 24.4. The molecular weight excluding hydrogens is 496 g/mol. The average molecular weight is 549 g/mol. The summed E-state index contributed by atoms with van der Waals surface area (Å²) in [6.45, 7) is 22.1. The lowest BCUT2D eigenvalue weighted by atomic mass is 9.64. The number of ether oxygens (including phenoxy) is 3. The van der Waals surface area contributed by atoms with Crippen molar-refractivity contribution >= 4 is 20.1 Å². The first-order valence-corrected chi connectivity index (χ1v) is 17.1. The van der Waals surface area contributed by atoms with E-state index in [2.05, 4.69) is 54.6 Å². The smallest absolute Gasteiger partial charge is 0.330 e. The summed E-state index contributed by atoms with van der Waals surface area (Å²) in [6, 6.07) is 0. The molecule has 0 aromatic rings. The van der Waals surface area contributed by atoms with E-state index in [0.717, 1.165) is 25.7 Å². The minimum absolute atomic E-state index is 0.00340. The fourth-order valence-corrected chi connectivity index (χ4v) is 6.81. The Morgan fingerprint density at radius 2 is 1.89 bits per heavy atom. The Morgan fingerprint density at radius 1 is 1.24 bits per heavy atom. The first kappa shape index (κ1) is 32.5. The molecule has 1 aliphatic carbocycles. The highest BCUT2D eigenvalue weighted by atomic mass is 28.4. The number of methoxy groups -OCH3 is 1. The Hall–Kier alpha value is -1.70. The maximum atomic E-state index is 12.7. The highest BCUT2D eigenvalue weighted by Gasteiger charge is 2.43. The molecule has 2 aliphatic rings. The molecule has 0 N–H and O–H groups in total. The highest BCUT2D eigenvalue weighted by molar-refractivity contribution is 6.74. The van der Waals surface area contributed by atoms with Crippen molar-refractivity contribution in [3.8, 4) is 0 Å². The average Bonchev–Trinajstić information content (AvgIpc) is 2.84. The van der Waals surface area contributed by atoms with Gasteiger partial charge in [-0.1, -0.05) is 46.3 Å². The van der Waals surface area contributed by atoms with Crippen molar-refractivity contribution in [3.63, 3.8) is 0 Å². The van der Waals surface area contributed by atoms with Crippen LogP contribution in [0.15, 0.2) is 35.1 Å². The van der Waals surface area contributed by atoms with Crippen molar-refractivity contribution in [1.29, 1.82) is 0 Å². The molecule has 0 aromatic carbocycles. The Labute approximate surface area is 232 Å². The second-order valence-electron chi connectivity index (χ2n) is 12.7. The predicted molar refractivity (Wildman–Crippen MR) is 155 cm³/mol. The first-order chi connectivity index (χ1) is 17.6.